The fourth-order valence-electron chi connectivity index (χ4n) is 4.77. The smallest absolute Gasteiger partial charge is 0.417 e. The molecule has 1 rings (SSSR count). The highest BCUT2D eigenvalue weighted by atomic mass is 19.4. The van der Waals surface area contributed by atoms with Crippen LogP contribution in [0.3, 0.4) is 0 Å². The highest BCUT2D eigenvalue weighted by molar-refractivity contribution is 5.98. The highest BCUT2D eigenvalue weighted by Gasteiger charge is 2.35. The van der Waals surface area contributed by atoms with Crippen LogP contribution in [-0.4, -0.2) is 24.5 Å². The van der Waals surface area contributed by atoms with Gasteiger partial charge in [-0.15, -0.1) is 0 Å². The first-order valence-electron chi connectivity index (χ1n) is 15.3. The summed E-state index contributed by atoms with van der Waals surface area (Å²) < 4.78 is 45.3. The van der Waals surface area contributed by atoms with E-state index in [1.807, 2.05) is 13.8 Å². The zero-order chi connectivity index (χ0) is 28.9. The van der Waals surface area contributed by atoms with Gasteiger partial charge in [-0.05, 0) is 30.9 Å². The molecule has 0 aliphatic carbocycles. The predicted molar refractivity (Wildman–Crippen MR) is 153 cm³/mol. The summed E-state index contributed by atoms with van der Waals surface area (Å²) in [5, 5.41) is 2.47. The topological polar surface area (TPSA) is 55.4 Å². The molecule has 0 bridgehead atoms. The largest absolute Gasteiger partial charge is 0.464 e. The molecule has 1 amide bonds. The minimum absolute atomic E-state index is 0.0521. The van der Waals surface area contributed by atoms with E-state index in [0.29, 0.717) is 0 Å². The molecular formula is C32H52F3NO3. The van der Waals surface area contributed by atoms with Crippen LogP contribution in [0.2, 0.25) is 0 Å². The molecule has 224 valence electrons. The number of benzene rings is 1. The summed E-state index contributed by atoms with van der Waals surface area (Å²) in [5.74, 6) is -1.47. The number of hydrogen-bond donors (Lipinski definition) is 1. The summed E-state index contributed by atoms with van der Waals surface area (Å²) in [6, 6.07) is 3.60. The highest BCUT2D eigenvalue weighted by Crippen LogP contribution is 2.32. The molecule has 0 radical (unpaired) electrons. The maximum Gasteiger partial charge on any atom is 0.417 e. The maximum absolute atomic E-state index is 13.3. The Morgan fingerprint density at radius 1 is 0.769 bits per heavy atom. The van der Waals surface area contributed by atoms with Gasteiger partial charge in [0.15, 0.2) is 0 Å². The van der Waals surface area contributed by atoms with Crippen molar-refractivity contribution >= 4 is 11.9 Å². The van der Waals surface area contributed by atoms with E-state index in [-0.39, 0.29) is 18.9 Å². The summed E-state index contributed by atoms with van der Waals surface area (Å²) in [4.78, 5) is 25.3. The second kappa shape index (κ2) is 20.8. The molecule has 1 N–H and O–H groups in total. The molecule has 4 nitrogen and oxygen atoms in total. The van der Waals surface area contributed by atoms with Crippen LogP contribution in [-0.2, 0) is 15.7 Å². The molecule has 0 saturated carbocycles. The third-order valence-electron chi connectivity index (χ3n) is 7.02. The fourth-order valence-corrected chi connectivity index (χ4v) is 4.77. The molecule has 0 heterocycles. The van der Waals surface area contributed by atoms with Crippen LogP contribution < -0.4 is 5.32 Å². The molecule has 0 aliphatic heterocycles. The Kier molecular flexibility index (Phi) is 18.7. The minimum atomic E-state index is -4.66. The third kappa shape index (κ3) is 16.6. The number of rotatable bonds is 22. The van der Waals surface area contributed by atoms with Crippen molar-refractivity contribution in [2.75, 3.05) is 6.61 Å². The zero-order valence-electron chi connectivity index (χ0n) is 24.6. The van der Waals surface area contributed by atoms with E-state index in [9.17, 15) is 22.8 Å². The van der Waals surface area contributed by atoms with Crippen LogP contribution in [0.5, 0.6) is 0 Å². The van der Waals surface area contributed by atoms with Crippen LogP contribution in [0.25, 0.3) is 0 Å². The average Bonchev–Trinajstić information content (AvgIpc) is 2.89. The van der Waals surface area contributed by atoms with Gasteiger partial charge in [-0.25, -0.2) is 4.79 Å². The number of esters is 1. The monoisotopic (exact) mass is 555 g/mol. The molecule has 0 saturated heterocycles. The van der Waals surface area contributed by atoms with Crippen molar-refractivity contribution < 1.29 is 27.5 Å². The Bertz CT molecular complexity index is 795. The van der Waals surface area contributed by atoms with Crippen LogP contribution in [0, 0.1) is 5.92 Å². The van der Waals surface area contributed by atoms with Crippen molar-refractivity contribution in [1.82, 2.24) is 5.32 Å². The number of unbranched alkanes of at least 4 members (excludes halogenated alkanes) is 15. The van der Waals surface area contributed by atoms with Crippen molar-refractivity contribution in [3.05, 3.63) is 35.4 Å². The lowest BCUT2D eigenvalue weighted by Gasteiger charge is -2.20. The molecule has 1 aromatic rings. The number of carbonyl (C=O) groups excluding carboxylic acids is 2. The SMILES string of the molecule is CCCCCCCCCCCCCCCCCCOC(=O)C(CC(C)C)NC(=O)c1ccccc1C(F)(F)F. The van der Waals surface area contributed by atoms with Gasteiger partial charge in [0, 0.05) is 0 Å². The van der Waals surface area contributed by atoms with E-state index >= 15 is 0 Å². The second-order valence-electron chi connectivity index (χ2n) is 11.2. The molecule has 0 spiro atoms. The number of hydrogen-bond acceptors (Lipinski definition) is 3. The Balaban J connectivity index is 2.21. The van der Waals surface area contributed by atoms with Gasteiger partial charge in [0.25, 0.3) is 5.91 Å². The molecule has 1 aromatic carbocycles. The summed E-state index contributed by atoms with van der Waals surface area (Å²) in [5.41, 5.74) is -1.52. The number of ether oxygens (including phenoxy) is 1. The average molecular weight is 556 g/mol. The second-order valence-corrected chi connectivity index (χ2v) is 11.2. The quantitative estimate of drug-likeness (QED) is 0.114. The first-order chi connectivity index (χ1) is 18.7. The number of amides is 1. The van der Waals surface area contributed by atoms with Gasteiger partial charge >= 0.3 is 12.1 Å². The molecule has 7 heteroatoms. The molecular weight excluding hydrogens is 503 g/mol. The van der Waals surface area contributed by atoms with Crippen molar-refractivity contribution in [3.63, 3.8) is 0 Å². The number of nitrogens with one attached hydrogen (secondary N) is 1. The lowest BCUT2D eigenvalue weighted by Crippen LogP contribution is -2.43. The van der Waals surface area contributed by atoms with Crippen molar-refractivity contribution in [2.24, 2.45) is 5.92 Å². The van der Waals surface area contributed by atoms with Gasteiger partial charge in [-0.1, -0.05) is 129 Å². The Morgan fingerprint density at radius 3 is 1.69 bits per heavy atom. The van der Waals surface area contributed by atoms with Crippen LogP contribution >= 0.6 is 0 Å². The molecule has 39 heavy (non-hydrogen) atoms. The maximum atomic E-state index is 13.3. The van der Waals surface area contributed by atoms with Gasteiger partial charge < -0.3 is 10.1 Å². The standard InChI is InChI=1S/C32H52F3NO3/c1-4-5-6-7-8-9-10-11-12-13-14-15-16-17-18-21-24-39-31(38)29(25-26(2)3)36-30(37)27-22-19-20-23-28(27)32(33,34)35/h19-20,22-23,26,29H,4-18,21,24-25H2,1-3H3,(H,36,37). The Morgan fingerprint density at radius 2 is 1.23 bits per heavy atom. The summed E-state index contributed by atoms with van der Waals surface area (Å²) in [7, 11) is 0. The molecule has 1 unspecified atom stereocenters. The summed E-state index contributed by atoms with van der Waals surface area (Å²) in [6.45, 7) is 6.27. The summed E-state index contributed by atoms with van der Waals surface area (Å²) >= 11 is 0. The number of alkyl halides is 3. The van der Waals surface area contributed by atoms with E-state index in [2.05, 4.69) is 12.2 Å². The number of carbonyl (C=O) groups is 2. The van der Waals surface area contributed by atoms with Gasteiger partial charge in [0.2, 0.25) is 0 Å². The summed E-state index contributed by atoms with van der Waals surface area (Å²) in [6.07, 6.45) is 15.7. The first-order valence-corrected chi connectivity index (χ1v) is 15.3. The predicted octanol–water partition coefficient (Wildman–Crippen LogP) is 9.65. The van der Waals surface area contributed by atoms with E-state index in [1.165, 1.54) is 95.6 Å². The first kappa shape index (κ1) is 35.0. The van der Waals surface area contributed by atoms with E-state index in [1.54, 1.807) is 0 Å². The van der Waals surface area contributed by atoms with Gasteiger partial charge in [0.05, 0.1) is 17.7 Å². The lowest BCUT2D eigenvalue weighted by atomic mass is 10.0. The van der Waals surface area contributed by atoms with Crippen molar-refractivity contribution in [3.8, 4) is 0 Å². The van der Waals surface area contributed by atoms with E-state index in [4.69, 9.17) is 4.74 Å². The zero-order valence-corrected chi connectivity index (χ0v) is 24.6. The Hall–Kier alpha value is -2.05. The number of halogens is 3. The molecule has 0 aliphatic rings. The fraction of sp³-hybridized carbons (Fsp3) is 0.750. The van der Waals surface area contributed by atoms with Crippen LogP contribution in [0.1, 0.15) is 146 Å². The minimum Gasteiger partial charge on any atom is -0.464 e. The lowest BCUT2D eigenvalue weighted by molar-refractivity contribution is -0.146. The molecule has 0 aromatic heterocycles. The van der Waals surface area contributed by atoms with E-state index in [0.717, 1.165) is 31.4 Å². The van der Waals surface area contributed by atoms with Gasteiger partial charge in [0.1, 0.15) is 6.04 Å². The molecule has 0 fully saturated rings. The van der Waals surface area contributed by atoms with Gasteiger partial charge in [-0.3, -0.25) is 4.79 Å². The van der Waals surface area contributed by atoms with E-state index < -0.39 is 35.2 Å². The normalized spacial score (nSPS) is 12.5. The van der Waals surface area contributed by atoms with Gasteiger partial charge in [-0.2, -0.15) is 13.2 Å². The van der Waals surface area contributed by atoms with Crippen LogP contribution in [0.4, 0.5) is 13.2 Å². The van der Waals surface area contributed by atoms with Crippen LogP contribution in [0.15, 0.2) is 24.3 Å². The van der Waals surface area contributed by atoms with Crippen molar-refractivity contribution in [2.45, 2.75) is 142 Å². The third-order valence-corrected chi connectivity index (χ3v) is 7.02. The molecule has 1 atom stereocenters. The van der Waals surface area contributed by atoms with Crippen molar-refractivity contribution in [1.29, 1.82) is 0 Å². The Labute approximate surface area is 234 Å².